The molecule has 0 radical (unpaired) electrons. The van der Waals surface area contributed by atoms with Crippen molar-refractivity contribution in [2.24, 2.45) is 0 Å². The number of hydrogen-bond donors (Lipinski definition) is 2. The van der Waals surface area contributed by atoms with Crippen LogP contribution in [0.2, 0.25) is 0 Å². The number of aliphatic hydroxyl groups is 1. The Morgan fingerprint density at radius 1 is 1.16 bits per heavy atom. The van der Waals surface area contributed by atoms with Crippen LogP contribution >= 0.6 is 0 Å². The van der Waals surface area contributed by atoms with Crippen molar-refractivity contribution in [1.82, 2.24) is 4.98 Å². The van der Waals surface area contributed by atoms with Gasteiger partial charge in [-0.1, -0.05) is 30.3 Å². The third-order valence-corrected chi connectivity index (χ3v) is 5.08. The number of aliphatic hydroxyl groups excluding tert-OH is 1. The molecule has 2 aliphatic heterocycles. The number of nitrogens with one attached hydrogen (secondary N) is 1. The van der Waals surface area contributed by atoms with E-state index < -0.39 is 6.23 Å². The van der Waals surface area contributed by atoms with Gasteiger partial charge in [0.1, 0.15) is 18.1 Å². The molecule has 25 heavy (non-hydrogen) atoms. The fourth-order valence-electron chi connectivity index (χ4n) is 3.75. The van der Waals surface area contributed by atoms with Crippen LogP contribution in [-0.4, -0.2) is 35.3 Å². The Bertz CT molecular complexity index is 795. The standard InChI is InChI=1S/C19H22N4O2/c1-12-19(25)22(2)15-8-10-16(21-18(15)20-12)23-14(9-11-17(23)24)13-6-4-3-5-7-13/h3-8,10,12,14,17,24H,9,11H2,1-2H3,(H,20,21)/t12-,14?,17?/m1/s1. The Hall–Kier alpha value is -2.60. The normalized spacial score (nSPS) is 25.7. The van der Waals surface area contributed by atoms with E-state index in [1.54, 1.807) is 11.9 Å². The third kappa shape index (κ3) is 2.62. The van der Waals surface area contributed by atoms with Crippen LogP contribution < -0.4 is 15.1 Å². The van der Waals surface area contributed by atoms with E-state index in [4.69, 9.17) is 4.98 Å². The van der Waals surface area contributed by atoms with Crippen molar-refractivity contribution in [2.75, 3.05) is 22.2 Å². The van der Waals surface area contributed by atoms with Gasteiger partial charge in [0.05, 0.1) is 11.7 Å². The van der Waals surface area contributed by atoms with Gasteiger partial charge in [-0.05, 0) is 37.5 Å². The number of amides is 1. The number of carbonyl (C=O) groups is 1. The molecule has 0 bridgehead atoms. The summed E-state index contributed by atoms with van der Waals surface area (Å²) in [6.07, 6.45) is 1.03. The van der Waals surface area contributed by atoms with Gasteiger partial charge in [-0.3, -0.25) is 4.79 Å². The molecule has 2 aromatic rings. The average Bonchev–Trinajstić information content (AvgIpc) is 3.01. The molecule has 6 heteroatoms. The van der Waals surface area contributed by atoms with Crippen LogP contribution in [0.25, 0.3) is 0 Å². The molecule has 2 N–H and O–H groups in total. The molecule has 0 saturated carbocycles. The quantitative estimate of drug-likeness (QED) is 0.881. The molecule has 2 aliphatic rings. The van der Waals surface area contributed by atoms with Gasteiger partial charge in [0.2, 0.25) is 5.91 Å². The summed E-state index contributed by atoms with van der Waals surface area (Å²) in [6, 6.07) is 13.8. The summed E-state index contributed by atoms with van der Waals surface area (Å²) >= 11 is 0. The Kier molecular flexibility index (Phi) is 3.84. The van der Waals surface area contributed by atoms with Crippen LogP contribution in [0.15, 0.2) is 42.5 Å². The largest absolute Gasteiger partial charge is 0.374 e. The zero-order valence-corrected chi connectivity index (χ0v) is 14.4. The van der Waals surface area contributed by atoms with Gasteiger partial charge in [-0.25, -0.2) is 4.98 Å². The highest BCUT2D eigenvalue weighted by Gasteiger charge is 2.35. The predicted molar refractivity (Wildman–Crippen MR) is 97.6 cm³/mol. The van der Waals surface area contributed by atoms with Gasteiger partial charge >= 0.3 is 0 Å². The first-order valence-corrected chi connectivity index (χ1v) is 8.63. The summed E-state index contributed by atoms with van der Waals surface area (Å²) in [4.78, 5) is 20.4. The van der Waals surface area contributed by atoms with Crippen LogP contribution in [0, 0.1) is 0 Å². The second kappa shape index (κ2) is 6.04. The van der Waals surface area contributed by atoms with Crippen molar-refractivity contribution in [3.8, 4) is 0 Å². The van der Waals surface area contributed by atoms with Gasteiger partial charge in [0.25, 0.3) is 0 Å². The Morgan fingerprint density at radius 3 is 2.68 bits per heavy atom. The predicted octanol–water partition coefficient (Wildman–Crippen LogP) is 2.52. The fourth-order valence-corrected chi connectivity index (χ4v) is 3.75. The van der Waals surface area contributed by atoms with Crippen molar-refractivity contribution in [1.29, 1.82) is 0 Å². The van der Waals surface area contributed by atoms with Gasteiger partial charge in [-0.15, -0.1) is 0 Å². The Balaban J connectivity index is 1.71. The number of carbonyl (C=O) groups excluding carboxylic acids is 1. The molecule has 1 fully saturated rings. The van der Waals surface area contributed by atoms with Gasteiger partial charge in [0.15, 0.2) is 5.82 Å². The number of hydrogen-bond acceptors (Lipinski definition) is 5. The van der Waals surface area contributed by atoms with Crippen LogP contribution in [0.3, 0.4) is 0 Å². The second-order valence-electron chi connectivity index (χ2n) is 6.69. The zero-order valence-electron chi connectivity index (χ0n) is 14.4. The summed E-state index contributed by atoms with van der Waals surface area (Å²) in [5.74, 6) is 1.42. The monoisotopic (exact) mass is 338 g/mol. The molecule has 2 unspecified atom stereocenters. The maximum absolute atomic E-state index is 12.1. The van der Waals surface area contributed by atoms with E-state index in [9.17, 15) is 9.90 Å². The molecule has 130 valence electrons. The average molecular weight is 338 g/mol. The summed E-state index contributed by atoms with van der Waals surface area (Å²) in [6.45, 7) is 1.83. The molecule has 1 aromatic heterocycles. The van der Waals surface area contributed by atoms with E-state index in [2.05, 4.69) is 17.4 Å². The Morgan fingerprint density at radius 2 is 1.92 bits per heavy atom. The molecule has 1 amide bonds. The van der Waals surface area contributed by atoms with Crippen molar-refractivity contribution in [2.45, 2.75) is 38.1 Å². The first-order valence-electron chi connectivity index (χ1n) is 8.63. The lowest BCUT2D eigenvalue weighted by Crippen LogP contribution is -2.44. The lowest BCUT2D eigenvalue weighted by atomic mass is 10.0. The smallest absolute Gasteiger partial charge is 0.249 e. The lowest BCUT2D eigenvalue weighted by molar-refractivity contribution is -0.118. The van der Waals surface area contributed by atoms with Gasteiger partial charge < -0.3 is 20.2 Å². The van der Waals surface area contributed by atoms with Crippen molar-refractivity contribution < 1.29 is 9.90 Å². The number of rotatable bonds is 2. The highest BCUT2D eigenvalue weighted by atomic mass is 16.3. The number of likely N-dealkylation sites (N-methyl/N-ethyl adjacent to an activating group) is 1. The van der Waals surface area contributed by atoms with E-state index in [1.807, 2.05) is 42.2 Å². The number of anilines is 3. The maximum Gasteiger partial charge on any atom is 0.249 e. The molecule has 0 aliphatic carbocycles. The van der Waals surface area contributed by atoms with Gasteiger partial charge in [-0.2, -0.15) is 0 Å². The maximum atomic E-state index is 12.1. The topological polar surface area (TPSA) is 68.7 Å². The molecular weight excluding hydrogens is 316 g/mol. The van der Waals surface area contributed by atoms with Crippen molar-refractivity contribution >= 4 is 23.2 Å². The van der Waals surface area contributed by atoms with E-state index >= 15 is 0 Å². The highest BCUT2D eigenvalue weighted by Crippen LogP contribution is 2.40. The van der Waals surface area contributed by atoms with Crippen LogP contribution in [0.5, 0.6) is 0 Å². The minimum absolute atomic E-state index is 0.0189. The van der Waals surface area contributed by atoms with E-state index in [0.29, 0.717) is 12.2 Å². The summed E-state index contributed by atoms with van der Waals surface area (Å²) in [5, 5.41) is 13.7. The molecule has 1 aromatic carbocycles. The fraction of sp³-hybridized carbons (Fsp3) is 0.368. The van der Waals surface area contributed by atoms with Crippen LogP contribution in [-0.2, 0) is 4.79 Å². The lowest BCUT2D eigenvalue weighted by Gasteiger charge is -2.33. The minimum Gasteiger partial charge on any atom is -0.374 e. The molecule has 0 spiro atoms. The van der Waals surface area contributed by atoms with E-state index in [1.165, 1.54) is 5.56 Å². The molecular formula is C19H22N4O2. The molecule has 1 saturated heterocycles. The number of aromatic nitrogens is 1. The molecule has 6 nitrogen and oxygen atoms in total. The first-order chi connectivity index (χ1) is 12.1. The molecule has 3 heterocycles. The number of benzene rings is 1. The number of nitrogens with zero attached hydrogens (tertiary/aromatic N) is 3. The first kappa shape index (κ1) is 15.9. The Labute approximate surface area is 147 Å². The van der Waals surface area contributed by atoms with E-state index in [-0.39, 0.29) is 18.0 Å². The third-order valence-electron chi connectivity index (χ3n) is 5.08. The zero-order chi connectivity index (χ0) is 17.6. The number of pyridine rings is 1. The second-order valence-corrected chi connectivity index (χ2v) is 6.69. The van der Waals surface area contributed by atoms with Gasteiger partial charge in [0, 0.05) is 7.05 Å². The van der Waals surface area contributed by atoms with Crippen LogP contribution in [0.1, 0.15) is 31.4 Å². The minimum atomic E-state index is -0.559. The van der Waals surface area contributed by atoms with Crippen LogP contribution in [0.4, 0.5) is 17.3 Å². The highest BCUT2D eigenvalue weighted by molar-refractivity contribution is 6.03. The van der Waals surface area contributed by atoms with Crippen molar-refractivity contribution in [3.63, 3.8) is 0 Å². The van der Waals surface area contributed by atoms with E-state index in [0.717, 1.165) is 17.9 Å². The summed E-state index contributed by atoms with van der Waals surface area (Å²) in [7, 11) is 1.76. The molecule has 3 atom stereocenters. The molecule has 4 rings (SSSR count). The SMILES string of the molecule is C[C@H]1Nc2nc(N3C(O)CCC3c3ccccc3)ccc2N(C)C1=O. The summed E-state index contributed by atoms with van der Waals surface area (Å²) in [5.41, 5.74) is 1.93. The van der Waals surface area contributed by atoms with Crippen molar-refractivity contribution in [3.05, 3.63) is 48.0 Å². The summed E-state index contributed by atoms with van der Waals surface area (Å²) < 4.78 is 0. The number of fused-ring (bicyclic) bond motifs is 1.